The van der Waals surface area contributed by atoms with Crippen LogP contribution in [0.3, 0.4) is 0 Å². The second-order valence-electron chi connectivity index (χ2n) is 12.1. The second-order valence-corrected chi connectivity index (χ2v) is 12.1. The SMILES string of the molecule is Cc1cc2cc(CC(C)(C)C)cc3c2c(c1C)-c1c(c(C2CC4CCC2C4)cc[n+]1C)O3. The molecule has 2 heteroatoms. The summed E-state index contributed by atoms with van der Waals surface area (Å²) in [5.41, 5.74) is 8.47. The van der Waals surface area contributed by atoms with Crippen LogP contribution in [0.2, 0.25) is 0 Å². The number of hydrogen-bond donors (Lipinski definition) is 0. The highest BCUT2D eigenvalue weighted by atomic mass is 16.5. The molecule has 0 saturated heterocycles. The van der Waals surface area contributed by atoms with Crippen molar-refractivity contribution >= 4 is 10.8 Å². The van der Waals surface area contributed by atoms with Crippen molar-refractivity contribution in [3.05, 3.63) is 52.7 Å². The number of aromatic nitrogens is 1. The van der Waals surface area contributed by atoms with Gasteiger partial charge in [0, 0.05) is 17.0 Å². The molecule has 166 valence electrons. The third-order valence-corrected chi connectivity index (χ3v) is 8.41. The van der Waals surface area contributed by atoms with E-state index in [2.05, 4.69) is 76.7 Å². The van der Waals surface area contributed by atoms with E-state index in [0.29, 0.717) is 5.92 Å². The Hall–Kier alpha value is -2.35. The Bertz CT molecular complexity index is 1260. The number of fused-ring (bicyclic) bond motifs is 4. The van der Waals surface area contributed by atoms with E-state index in [1.54, 1.807) is 0 Å². The fraction of sp³-hybridized carbons (Fsp3) is 0.500. The van der Waals surface area contributed by atoms with Gasteiger partial charge in [0.25, 0.3) is 5.69 Å². The van der Waals surface area contributed by atoms with Crippen LogP contribution < -0.4 is 9.30 Å². The summed E-state index contributed by atoms with van der Waals surface area (Å²) in [4.78, 5) is 0. The van der Waals surface area contributed by atoms with Gasteiger partial charge in [-0.3, -0.25) is 0 Å². The molecule has 0 radical (unpaired) electrons. The number of hydrogen-bond acceptors (Lipinski definition) is 1. The lowest BCUT2D eigenvalue weighted by Crippen LogP contribution is -2.33. The van der Waals surface area contributed by atoms with E-state index < -0.39 is 0 Å². The van der Waals surface area contributed by atoms with Gasteiger partial charge in [-0.25, -0.2) is 0 Å². The predicted molar refractivity (Wildman–Crippen MR) is 131 cm³/mol. The first-order valence-electron chi connectivity index (χ1n) is 12.5. The molecule has 0 N–H and O–H groups in total. The van der Waals surface area contributed by atoms with E-state index in [4.69, 9.17) is 4.74 Å². The topological polar surface area (TPSA) is 13.1 Å². The molecule has 2 aliphatic carbocycles. The lowest BCUT2D eigenvalue weighted by Gasteiger charge is -2.28. The van der Waals surface area contributed by atoms with Gasteiger partial charge >= 0.3 is 0 Å². The first kappa shape index (κ1) is 20.3. The minimum atomic E-state index is 0.246. The van der Waals surface area contributed by atoms with Gasteiger partial charge in [-0.15, -0.1) is 0 Å². The Balaban J connectivity index is 1.61. The van der Waals surface area contributed by atoms with E-state index in [0.717, 1.165) is 29.8 Å². The zero-order chi connectivity index (χ0) is 22.4. The van der Waals surface area contributed by atoms with Crippen molar-refractivity contribution in [3.63, 3.8) is 0 Å². The maximum atomic E-state index is 6.91. The maximum Gasteiger partial charge on any atom is 0.256 e. The summed E-state index contributed by atoms with van der Waals surface area (Å²) in [6.07, 6.45) is 8.91. The second kappa shape index (κ2) is 6.83. The summed E-state index contributed by atoms with van der Waals surface area (Å²) in [5, 5.41) is 2.61. The van der Waals surface area contributed by atoms with Gasteiger partial charge in [-0.1, -0.05) is 39.3 Å². The first-order valence-corrected chi connectivity index (χ1v) is 12.5. The molecule has 2 heterocycles. The Morgan fingerprint density at radius 3 is 2.56 bits per heavy atom. The van der Waals surface area contributed by atoms with Crippen LogP contribution >= 0.6 is 0 Å². The van der Waals surface area contributed by atoms with Gasteiger partial charge in [-0.05, 0) is 90.8 Å². The molecule has 6 rings (SSSR count). The fourth-order valence-corrected chi connectivity index (χ4v) is 6.96. The van der Waals surface area contributed by atoms with Crippen LogP contribution in [0.25, 0.3) is 22.0 Å². The molecule has 3 atom stereocenters. The standard InChI is InChI=1S/C30H36NO/c1-17-11-22-13-20(16-30(3,4)5)15-25-27(22)26(18(17)2)28-29(32-25)23(9-10-31(28)6)24-14-19-7-8-21(24)12-19/h9-11,13,15,19,21,24H,7-8,12,14,16H2,1-6H3/q+1. The van der Waals surface area contributed by atoms with Crippen LogP contribution in [0, 0.1) is 31.1 Å². The third kappa shape index (κ3) is 3.02. The molecule has 3 aliphatic rings. The van der Waals surface area contributed by atoms with Crippen LogP contribution in [0.15, 0.2) is 30.5 Å². The first-order chi connectivity index (χ1) is 15.2. The summed E-state index contributed by atoms with van der Waals surface area (Å²) in [5.74, 6) is 4.61. The average molecular weight is 427 g/mol. The Labute approximate surface area is 192 Å². The van der Waals surface area contributed by atoms with Gasteiger partial charge in [-0.2, -0.15) is 4.57 Å². The van der Waals surface area contributed by atoms with Crippen LogP contribution in [0.1, 0.15) is 74.6 Å². The predicted octanol–water partition coefficient (Wildman–Crippen LogP) is 7.55. The summed E-state index contributed by atoms with van der Waals surface area (Å²) < 4.78 is 9.20. The lowest BCUT2D eigenvalue weighted by molar-refractivity contribution is -0.660. The van der Waals surface area contributed by atoms with Crippen LogP contribution in [0.4, 0.5) is 0 Å². The Morgan fingerprint density at radius 2 is 1.88 bits per heavy atom. The third-order valence-electron chi connectivity index (χ3n) is 8.41. The number of pyridine rings is 1. The molecule has 0 spiro atoms. The monoisotopic (exact) mass is 426 g/mol. The molecule has 2 saturated carbocycles. The summed E-state index contributed by atoms with van der Waals surface area (Å²) in [7, 11) is 2.18. The van der Waals surface area contributed by atoms with Crippen molar-refractivity contribution in [2.24, 2.45) is 24.3 Å². The van der Waals surface area contributed by atoms with Crippen molar-refractivity contribution < 1.29 is 9.30 Å². The smallest absolute Gasteiger partial charge is 0.256 e. The lowest BCUT2D eigenvalue weighted by atomic mass is 9.81. The van der Waals surface area contributed by atoms with Crippen molar-refractivity contribution in [2.75, 3.05) is 0 Å². The number of benzene rings is 2. The van der Waals surface area contributed by atoms with E-state index in [1.165, 1.54) is 70.0 Å². The molecule has 2 nitrogen and oxygen atoms in total. The van der Waals surface area contributed by atoms with Gasteiger partial charge in [0.2, 0.25) is 5.75 Å². The van der Waals surface area contributed by atoms with Crippen molar-refractivity contribution in [1.29, 1.82) is 0 Å². The molecule has 1 aromatic heterocycles. The number of rotatable bonds is 2. The number of ether oxygens (including phenoxy) is 1. The van der Waals surface area contributed by atoms with Crippen LogP contribution in [-0.2, 0) is 13.5 Å². The van der Waals surface area contributed by atoms with Gasteiger partial charge < -0.3 is 4.74 Å². The minimum Gasteiger partial charge on any atom is -0.449 e. The quantitative estimate of drug-likeness (QED) is 0.302. The highest BCUT2D eigenvalue weighted by Gasteiger charge is 2.43. The molecule has 2 aromatic carbocycles. The van der Waals surface area contributed by atoms with Gasteiger partial charge in [0.05, 0.1) is 5.56 Å². The van der Waals surface area contributed by atoms with Crippen molar-refractivity contribution in [1.82, 2.24) is 0 Å². The number of nitrogens with zero attached hydrogens (tertiary/aromatic N) is 1. The van der Waals surface area contributed by atoms with E-state index in [1.807, 2.05) is 0 Å². The molecule has 3 aromatic rings. The minimum absolute atomic E-state index is 0.246. The largest absolute Gasteiger partial charge is 0.449 e. The summed E-state index contributed by atoms with van der Waals surface area (Å²) >= 11 is 0. The van der Waals surface area contributed by atoms with Crippen molar-refractivity contribution in [3.8, 4) is 22.8 Å². The molecular weight excluding hydrogens is 390 g/mol. The van der Waals surface area contributed by atoms with E-state index in [-0.39, 0.29) is 5.41 Å². The zero-order valence-electron chi connectivity index (χ0n) is 20.5. The van der Waals surface area contributed by atoms with Crippen molar-refractivity contribution in [2.45, 2.75) is 72.6 Å². The van der Waals surface area contributed by atoms with Gasteiger partial charge in [0.1, 0.15) is 12.8 Å². The van der Waals surface area contributed by atoms with Crippen LogP contribution in [0.5, 0.6) is 11.5 Å². The maximum absolute atomic E-state index is 6.91. The summed E-state index contributed by atoms with van der Waals surface area (Å²) in [6, 6.07) is 9.44. The molecule has 1 aliphatic heterocycles. The van der Waals surface area contributed by atoms with E-state index in [9.17, 15) is 0 Å². The normalized spacial score (nSPS) is 23.5. The highest BCUT2D eigenvalue weighted by molar-refractivity contribution is 6.05. The van der Waals surface area contributed by atoms with Crippen LogP contribution in [-0.4, -0.2) is 0 Å². The fourth-order valence-electron chi connectivity index (χ4n) is 6.96. The zero-order valence-corrected chi connectivity index (χ0v) is 20.5. The highest BCUT2D eigenvalue weighted by Crippen LogP contribution is 2.57. The number of aryl methyl sites for hydroxylation is 2. The van der Waals surface area contributed by atoms with E-state index >= 15 is 0 Å². The Morgan fingerprint density at radius 1 is 1.06 bits per heavy atom. The molecule has 2 fully saturated rings. The average Bonchev–Trinajstić information content (AvgIpc) is 3.33. The summed E-state index contributed by atoms with van der Waals surface area (Å²) in [6.45, 7) is 11.5. The van der Waals surface area contributed by atoms with Gasteiger partial charge in [0.15, 0.2) is 6.20 Å². The molecule has 2 bridgehead atoms. The molecule has 3 unspecified atom stereocenters. The molecule has 32 heavy (non-hydrogen) atoms. The molecule has 0 amide bonds. The Kier molecular flexibility index (Phi) is 4.32. The molecular formula is C30H36NO+.